The monoisotopic (exact) mass is 1010 g/mol. The molecule has 0 bridgehead atoms. The second-order valence-electron chi connectivity index (χ2n) is 18.9. The van der Waals surface area contributed by atoms with Gasteiger partial charge in [0.2, 0.25) is 17.7 Å². The molecular formula is C56H62N14O3S. The molecule has 10 rings (SSSR count). The van der Waals surface area contributed by atoms with Gasteiger partial charge in [-0.05, 0) is 170 Å². The molecule has 0 unspecified atom stereocenters. The quantitative estimate of drug-likeness (QED) is 0.0596. The Morgan fingerprint density at radius 1 is 0.622 bits per heavy atom. The van der Waals surface area contributed by atoms with Gasteiger partial charge in [0.05, 0.1) is 12.4 Å². The maximum atomic E-state index is 11.7. The van der Waals surface area contributed by atoms with Crippen LogP contribution in [-0.4, -0.2) is 101 Å². The Balaban J connectivity index is 0.000000182. The minimum absolute atomic E-state index is 0.244. The van der Waals surface area contributed by atoms with Crippen molar-refractivity contribution in [3.8, 4) is 11.6 Å². The number of hydrogen-bond donors (Lipinski definition) is 4. The third-order valence-electron chi connectivity index (χ3n) is 13.4. The first kappa shape index (κ1) is 51.0. The highest BCUT2D eigenvalue weighted by Gasteiger charge is 2.24. The lowest BCUT2D eigenvalue weighted by molar-refractivity contribution is -0.112. The van der Waals surface area contributed by atoms with E-state index >= 15 is 0 Å². The lowest BCUT2D eigenvalue weighted by atomic mass is 9.88. The summed E-state index contributed by atoms with van der Waals surface area (Å²) in [6, 6.07) is 26.8. The number of pyridine rings is 2. The Labute approximate surface area is 435 Å². The molecule has 2 aliphatic heterocycles. The predicted molar refractivity (Wildman–Crippen MR) is 294 cm³/mol. The van der Waals surface area contributed by atoms with Gasteiger partial charge >= 0.3 is 0 Å². The van der Waals surface area contributed by atoms with E-state index in [9.17, 15) is 9.59 Å². The molecule has 0 spiro atoms. The van der Waals surface area contributed by atoms with E-state index < -0.39 is 0 Å². The number of rotatable bonds is 14. The number of hydrogen-bond acceptors (Lipinski definition) is 14. The molecule has 2 saturated heterocycles. The Kier molecular flexibility index (Phi) is 15.8. The highest BCUT2D eigenvalue weighted by Crippen LogP contribution is 2.36. The number of aryl methyl sites for hydroxylation is 4. The SMILES string of the molecule is C=CC(=O)Nc1cccc(Oc2cc(Nc3nc(C)c(C4CCN(C)CC4)cc3C)nc3ccnn23)c1.C=CC(=O)Nc1cccc(Sc2cc(Nc3nc(C)c(C4CCN(C)CC4)cc3C)nc3ccnn23)c1. The fourth-order valence-corrected chi connectivity index (χ4v) is 10.3. The molecule has 2 aliphatic rings. The van der Waals surface area contributed by atoms with Gasteiger partial charge in [0.25, 0.3) is 0 Å². The standard InChI is InChI=1S/C28H31N7O2.C28H31N7OS/c2*1-5-26(36)31-21-7-6-8-22(16-21)37-27-17-24(32-25-9-12-29-35(25)27)33-28-18(2)15-23(19(3)30-28)20-10-13-34(4)14-11-20/h2*5-9,12,15-17,20H,1,10-11,13-14H2,2-4H3,(H,31,36)(H,30,32,33). The summed E-state index contributed by atoms with van der Waals surface area (Å²) in [7, 11) is 4.37. The van der Waals surface area contributed by atoms with Gasteiger partial charge in [-0.15, -0.1) is 0 Å². The fraction of sp³-hybridized carbons (Fsp3) is 0.286. The number of fused-ring (bicyclic) bond motifs is 2. The minimum Gasteiger partial charge on any atom is -0.439 e. The van der Waals surface area contributed by atoms with Crippen molar-refractivity contribution in [1.29, 1.82) is 0 Å². The van der Waals surface area contributed by atoms with E-state index in [1.807, 2.05) is 48.5 Å². The summed E-state index contributed by atoms with van der Waals surface area (Å²) in [4.78, 5) is 48.4. The molecule has 4 N–H and O–H groups in total. The number of amides is 2. The predicted octanol–water partition coefficient (Wildman–Crippen LogP) is 10.8. The first-order chi connectivity index (χ1) is 35.8. The van der Waals surface area contributed by atoms with Gasteiger partial charge in [0, 0.05) is 58.0 Å². The number of piperidine rings is 2. The lowest BCUT2D eigenvalue weighted by Gasteiger charge is -2.30. The maximum absolute atomic E-state index is 11.7. The van der Waals surface area contributed by atoms with Gasteiger partial charge in [-0.25, -0.2) is 24.5 Å². The second kappa shape index (κ2) is 22.9. The number of ether oxygens (including phenoxy) is 1. The summed E-state index contributed by atoms with van der Waals surface area (Å²) in [5.41, 5.74) is 9.67. The van der Waals surface area contributed by atoms with Crippen molar-refractivity contribution in [2.24, 2.45) is 0 Å². The molecule has 6 aromatic heterocycles. The number of anilines is 6. The molecule has 2 aromatic carbocycles. The molecule has 8 heterocycles. The Morgan fingerprint density at radius 3 is 1.68 bits per heavy atom. The molecular weight excluding hydrogens is 949 g/mol. The van der Waals surface area contributed by atoms with Crippen LogP contribution in [0.1, 0.15) is 71.2 Å². The number of nitrogens with one attached hydrogen (secondary N) is 4. The largest absolute Gasteiger partial charge is 0.439 e. The van der Waals surface area contributed by atoms with Crippen LogP contribution in [-0.2, 0) is 9.59 Å². The number of carbonyl (C=O) groups is 2. The van der Waals surface area contributed by atoms with Gasteiger partial charge < -0.3 is 35.8 Å². The summed E-state index contributed by atoms with van der Waals surface area (Å²) in [6.07, 6.45) is 10.5. The van der Waals surface area contributed by atoms with E-state index in [-0.39, 0.29) is 11.8 Å². The van der Waals surface area contributed by atoms with Crippen LogP contribution in [0.15, 0.2) is 133 Å². The van der Waals surface area contributed by atoms with Crippen LogP contribution < -0.4 is 26.0 Å². The first-order valence-electron chi connectivity index (χ1n) is 24.8. The zero-order valence-electron chi connectivity index (χ0n) is 42.7. The summed E-state index contributed by atoms with van der Waals surface area (Å²) in [6.45, 7) is 19.8. The lowest BCUT2D eigenvalue weighted by Crippen LogP contribution is -2.29. The van der Waals surface area contributed by atoms with E-state index in [1.165, 1.54) is 36.1 Å². The molecule has 17 nitrogen and oxygen atoms in total. The molecule has 0 radical (unpaired) electrons. The third kappa shape index (κ3) is 12.3. The van der Waals surface area contributed by atoms with Crippen molar-refractivity contribution < 1.29 is 14.3 Å². The Morgan fingerprint density at radius 2 is 1.12 bits per heavy atom. The summed E-state index contributed by atoms with van der Waals surface area (Å²) in [5.74, 6) is 4.48. The number of nitrogens with zero attached hydrogens (tertiary/aromatic N) is 10. The van der Waals surface area contributed by atoms with Crippen molar-refractivity contribution in [2.45, 2.75) is 75.1 Å². The normalized spacial score (nSPS) is 14.5. The highest BCUT2D eigenvalue weighted by atomic mass is 32.2. The molecule has 0 atom stereocenters. The average molecular weight is 1010 g/mol. The smallest absolute Gasteiger partial charge is 0.247 e. The zero-order chi connectivity index (χ0) is 51.9. The van der Waals surface area contributed by atoms with Gasteiger partial charge in [0.1, 0.15) is 34.0 Å². The molecule has 0 saturated carbocycles. The van der Waals surface area contributed by atoms with Crippen LogP contribution in [0, 0.1) is 27.7 Å². The summed E-state index contributed by atoms with van der Waals surface area (Å²) >= 11 is 1.54. The van der Waals surface area contributed by atoms with Gasteiger partial charge in [0.15, 0.2) is 11.3 Å². The van der Waals surface area contributed by atoms with E-state index in [2.05, 4.69) is 113 Å². The molecule has 2 amide bonds. The van der Waals surface area contributed by atoms with Crippen LogP contribution in [0.3, 0.4) is 0 Å². The molecule has 0 aliphatic carbocycles. The van der Waals surface area contributed by atoms with E-state index in [0.29, 0.717) is 52.1 Å². The van der Waals surface area contributed by atoms with Gasteiger partial charge in [-0.1, -0.05) is 49.2 Å². The topological polar surface area (TPSA) is 184 Å². The molecule has 74 heavy (non-hydrogen) atoms. The van der Waals surface area contributed by atoms with Crippen molar-refractivity contribution in [3.63, 3.8) is 0 Å². The van der Waals surface area contributed by atoms with Crippen LogP contribution in [0.25, 0.3) is 11.3 Å². The van der Waals surface area contributed by atoms with Crippen molar-refractivity contribution in [1.82, 2.24) is 49.0 Å². The average Bonchev–Trinajstić information content (AvgIpc) is 4.08. The Hall–Kier alpha value is -7.93. The van der Waals surface area contributed by atoms with Crippen LogP contribution in [0.4, 0.5) is 34.6 Å². The molecule has 380 valence electrons. The third-order valence-corrected chi connectivity index (χ3v) is 14.4. The van der Waals surface area contributed by atoms with E-state index in [1.54, 1.807) is 57.5 Å². The van der Waals surface area contributed by atoms with Crippen LogP contribution in [0.5, 0.6) is 11.6 Å². The number of likely N-dealkylation sites (tertiary alicyclic amines) is 2. The van der Waals surface area contributed by atoms with E-state index in [4.69, 9.17) is 19.7 Å². The number of benzene rings is 2. The minimum atomic E-state index is -0.290. The number of aromatic nitrogens is 8. The fourth-order valence-electron chi connectivity index (χ4n) is 9.36. The number of carbonyl (C=O) groups excluding carboxylic acids is 2. The summed E-state index contributed by atoms with van der Waals surface area (Å²) < 4.78 is 9.59. The van der Waals surface area contributed by atoms with Crippen LogP contribution >= 0.6 is 11.8 Å². The van der Waals surface area contributed by atoms with Crippen molar-refractivity contribution in [3.05, 3.63) is 156 Å². The van der Waals surface area contributed by atoms with Crippen LogP contribution in [0.2, 0.25) is 0 Å². The Bertz CT molecular complexity index is 3130. The maximum Gasteiger partial charge on any atom is 0.247 e. The first-order valence-corrected chi connectivity index (χ1v) is 25.6. The van der Waals surface area contributed by atoms with Crippen molar-refractivity contribution in [2.75, 3.05) is 61.5 Å². The van der Waals surface area contributed by atoms with Crippen molar-refractivity contribution >= 4 is 69.5 Å². The summed E-state index contributed by atoms with van der Waals surface area (Å²) in [5, 5.41) is 22.1. The zero-order valence-corrected chi connectivity index (χ0v) is 43.5. The van der Waals surface area contributed by atoms with E-state index in [0.717, 1.165) is 88.7 Å². The second-order valence-corrected chi connectivity index (χ2v) is 20.0. The van der Waals surface area contributed by atoms with Gasteiger partial charge in [-0.2, -0.15) is 14.7 Å². The molecule has 8 aromatic rings. The van der Waals surface area contributed by atoms with Gasteiger partial charge in [-0.3, -0.25) is 9.59 Å². The molecule has 18 heteroatoms. The highest BCUT2D eigenvalue weighted by molar-refractivity contribution is 7.99. The molecule has 2 fully saturated rings.